The summed E-state index contributed by atoms with van der Waals surface area (Å²) < 4.78 is 0. The van der Waals surface area contributed by atoms with Gasteiger partial charge in [0.15, 0.2) is 0 Å². The first-order chi connectivity index (χ1) is 6.77. The third-order valence-electron chi connectivity index (χ3n) is 4.11. The van der Waals surface area contributed by atoms with E-state index in [0.29, 0.717) is 0 Å². The molecular formula is C13H23N. The van der Waals surface area contributed by atoms with Crippen LogP contribution in [0.25, 0.3) is 0 Å². The van der Waals surface area contributed by atoms with Gasteiger partial charge in [0.05, 0.1) is 0 Å². The molecule has 80 valence electrons. The summed E-state index contributed by atoms with van der Waals surface area (Å²) in [5, 5.41) is 3.50. The second-order valence-corrected chi connectivity index (χ2v) is 5.18. The van der Waals surface area contributed by atoms with Crippen molar-refractivity contribution in [2.24, 2.45) is 11.8 Å². The maximum atomic E-state index is 3.50. The summed E-state index contributed by atoms with van der Waals surface area (Å²) in [4.78, 5) is 0. The van der Waals surface area contributed by atoms with Crippen LogP contribution in [0.4, 0.5) is 0 Å². The fourth-order valence-electron chi connectivity index (χ4n) is 2.76. The molecule has 2 unspecified atom stereocenters. The van der Waals surface area contributed by atoms with Crippen LogP contribution in [0.5, 0.6) is 0 Å². The normalized spacial score (nSPS) is 39.9. The summed E-state index contributed by atoms with van der Waals surface area (Å²) in [6, 6.07) is 0. The Hall–Kier alpha value is -0.300. The Morgan fingerprint density at radius 1 is 1.07 bits per heavy atom. The van der Waals surface area contributed by atoms with Gasteiger partial charge in [-0.15, -0.1) is 0 Å². The van der Waals surface area contributed by atoms with Gasteiger partial charge in [-0.3, -0.25) is 0 Å². The smallest absolute Gasteiger partial charge is 0.0167 e. The third kappa shape index (κ3) is 2.20. The van der Waals surface area contributed by atoms with Gasteiger partial charge in [0.25, 0.3) is 0 Å². The van der Waals surface area contributed by atoms with Crippen LogP contribution in [0, 0.1) is 11.8 Å². The van der Waals surface area contributed by atoms with Crippen LogP contribution in [0.15, 0.2) is 11.1 Å². The van der Waals surface area contributed by atoms with Crippen molar-refractivity contribution in [1.29, 1.82) is 0 Å². The molecule has 14 heavy (non-hydrogen) atoms. The molecule has 1 heterocycles. The average molecular weight is 193 g/mol. The zero-order chi connectivity index (χ0) is 9.97. The molecule has 1 N–H and O–H groups in total. The first-order valence-corrected chi connectivity index (χ1v) is 6.18. The lowest BCUT2D eigenvalue weighted by atomic mass is 9.77. The molecule has 0 aromatic rings. The molecule has 0 amide bonds. The largest absolute Gasteiger partial charge is 0.313 e. The summed E-state index contributed by atoms with van der Waals surface area (Å²) in [6.07, 6.45) is 6.88. The standard InChI is InChI=1S/C13H23N/c1-10-5-6-12(8-11(10)2)13-4-3-7-14-9-13/h10-11,14H,3-9H2,1-2H3. The monoisotopic (exact) mass is 193 g/mol. The van der Waals surface area contributed by atoms with Gasteiger partial charge < -0.3 is 5.32 Å². The molecule has 2 atom stereocenters. The second-order valence-electron chi connectivity index (χ2n) is 5.18. The molecule has 2 aliphatic rings. The molecule has 0 aromatic carbocycles. The van der Waals surface area contributed by atoms with Gasteiger partial charge in [0, 0.05) is 6.54 Å². The van der Waals surface area contributed by atoms with Gasteiger partial charge in [-0.2, -0.15) is 0 Å². The molecular weight excluding hydrogens is 170 g/mol. The summed E-state index contributed by atoms with van der Waals surface area (Å²) in [5.41, 5.74) is 3.54. The SMILES string of the molecule is CC1CCC(=C2CCCNC2)CC1C. The number of allylic oxidation sites excluding steroid dienone is 1. The van der Waals surface area contributed by atoms with Crippen molar-refractivity contribution in [2.45, 2.75) is 46.0 Å². The Bertz CT molecular complexity index is 221. The maximum Gasteiger partial charge on any atom is 0.0167 e. The third-order valence-corrected chi connectivity index (χ3v) is 4.11. The molecule has 2 rings (SSSR count). The lowest BCUT2D eigenvalue weighted by Gasteiger charge is -2.31. The van der Waals surface area contributed by atoms with Crippen molar-refractivity contribution >= 4 is 0 Å². The summed E-state index contributed by atoms with van der Waals surface area (Å²) in [5.74, 6) is 1.85. The molecule has 1 saturated heterocycles. The van der Waals surface area contributed by atoms with Gasteiger partial charge in [0.2, 0.25) is 0 Å². The van der Waals surface area contributed by atoms with Gasteiger partial charge >= 0.3 is 0 Å². The Labute approximate surface area is 88.0 Å². The minimum atomic E-state index is 0.910. The minimum Gasteiger partial charge on any atom is -0.313 e. The molecule has 1 saturated carbocycles. The average Bonchev–Trinajstić information content (AvgIpc) is 2.23. The van der Waals surface area contributed by atoms with Crippen LogP contribution in [-0.4, -0.2) is 13.1 Å². The van der Waals surface area contributed by atoms with E-state index >= 15 is 0 Å². The number of hydrogen-bond acceptors (Lipinski definition) is 1. The van der Waals surface area contributed by atoms with Crippen LogP contribution < -0.4 is 5.32 Å². The van der Waals surface area contributed by atoms with Crippen molar-refractivity contribution in [3.63, 3.8) is 0 Å². The molecule has 0 radical (unpaired) electrons. The van der Waals surface area contributed by atoms with Crippen molar-refractivity contribution in [3.8, 4) is 0 Å². The highest BCUT2D eigenvalue weighted by Gasteiger charge is 2.22. The van der Waals surface area contributed by atoms with E-state index in [0.717, 1.165) is 11.8 Å². The van der Waals surface area contributed by atoms with Crippen molar-refractivity contribution in [3.05, 3.63) is 11.1 Å². The molecule has 1 aliphatic heterocycles. The topological polar surface area (TPSA) is 12.0 Å². The molecule has 1 aliphatic carbocycles. The van der Waals surface area contributed by atoms with Gasteiger partial charge in [-0.1, -0.05) is 25.0 Å². The molecule has 0 aromatic heterocycles. The highest BCUT2D eigenvalue weighted by molar-refractivity contribution is 5.19. The predicted octanol–water partition coefficient (Wildman–Crippen LogP) is 3.12. The maximum absolute atomic E-state index is 3.50. The molecule has 1 heteroatoms. The molecule has 0 bridgehead atoms. The fraction of sp³-hybridized carbons (Fsp3) is 0.846. The van der Waals surface area contributed by atoms with Crippen LogP contribution in [0.2, 0.25) is 0 Å². The number of piperidine rings is 1. The van der Waals surface area contributed by atoms with Crippen LogP contribution in [0.3, 0.4) is 0 Å². The molecule has 2 fully saturated rings. The van der Waals surface area contributed by atoms with Crippen LogP contribution in [-0.2, 0) is 0 Å². The summed E-state index contributed by atoms with van der Waals surface area (Å²) in [7, 11) is 0. The first kappa shape index (κ1) is 10.2. The minimum absolute atomic E-state index is 0.910. The van der Waals surface area contributed by atoms with E-state index in [1.165, 1.54) is 45.2 Å². The van der Waals surface area contributed by atoms with E-state index in [1.807, 2.05) is 0 Å². The summed E-state index contributed by atoms with van der Waals surface area (Å²) >= 11 is 0. The number of rotatable bonds is 0. The Balaban J connectivity index is 2.03. The Kier molecular flexibility index (Phi) is 3.27. The van der Waals surface area contributed by atoms with Crippen molar-refractivity contribution in [1.82, 2.24) is 5.32 Å². The lowest BCUT2D eigenvalue weighted by Crippen LogP contribution is -2.26. The first-order valence-electron chi connectivity index (χ1n) is 6.18. The van der Waals surface area contributed by atoms with Crippen molar-refractivity contribution < 1.29 is 0 Å². The van der Waals surface area contributed by atoms with Gasteiger partial charge in [-0.25, -0.2) is 0 Å². The quantitative estimate of drug-likeness (QED) is 0.583. The van der Waals surface area contributed by atoms with E-state index < -0.39 is 0 Å². The van der Waals surface area contributed by atoms with E-state index in [9.17, 15) is 0 Å². The van der Waals surface area contributed by atoms with Gasteiger partial charge in [0.1, 0.15) is 0 Å². The zero-order valence-corrected chi connectivity index (χ0v) is 9.60. The van der Waals surface area contributed by atoms with Crippen molar-refractivity contribution in [2.75, 3.05) is 13.1 Å². The molecule has 1 nitrogen and oxygen atoms in total. The van der Waals surface area contributed by atoms with E-state index in [-0.39, 0.29) is 0 Å². The van der Waals surface area contributed by atoms with Gasteiger partial charge in [-0.05, 0) is 50.5 Å². The highest BCUT2D eigenvalue weighted by atomic mass is 14.9. The Morgan fingerprint density at radius 2 is 1.93 bits per heavy atom. The highest BCUT2D eigenvalue weighted by Crippen LogP contribution is 2.35. The van der Waals surface area contributed by atoms with E-state index in [2.05, 4.69) is 19.2 Å². The molecule has 0 spiro atoms. The van der Waals surface area contributed by atoms with Crippen LogP contribution >= 0.6 is 0 Å². The Morgan fingerprint density at radius 3 is 2.57 bits per heavy atom. The van der Waals surface area contributed by atoms with Crippen LogP contribution in [0.1, 0.15) is 46.0 Å². The predicted molar refractivity (Wildman–Crippen MR) is 61.3 cm³/mol. The van der Waals surface area contributed by atoms with E-state index in [4.69, 9.17) is 0 Å². The second kappa shape index (κ2) is 4.48. The van der Waals surface area contributed by atoms with E-state index in [1.54, 1.807) is 11.1 Å². The summed E-state index contributed by atoms with van der Waals surface area (Å²) in [6.45, 7) is 7.23. The number of hydrogen-bond donors (Lipinski definition) is 1. The zero-order valence-electron chi connectivity index (χ0n) is 9.60. The number of nitrogens with one attached hydrogen (secondary N) is 1. The lowest BCUT2D eigenvalue weighted by molar-refractivity contribution is 0.319. The fourth-order valence-corrected chi connectivity index (χ4v) is 2.76.